The van der Waals surface area contributed by atoms with E-state index in [9.17, 15) is 14.7 Å². The van der Waals surface area contributed by atoms with Gasteiger partial charge in [-0.2, -0.15) is 11.8 Å². The van der Waals surface area contributed by atoms with Gasteiger partial charge < -0.3 is 5.11 Å². The van der Waals surface area contributed by atoms with E-state index >= 15 is 0 Å². The fourth-order valence-electron chi connectivity index (χ4n) is 6.84. The number of ketones is 2. The molecule has 0 radical (unpaired) electrons. The maximum Gasteiger partial charge on any atom is 0.161 e. The molecule has 4 aliphatic rings. The van der Waals surface area contributed by atoms with E-state index in [0.29, 0.717) is 22.9 Å². The van der Waals surface area contributed by atoms with Gasteiger partial charge >= 0.3 is 0 Å². The first-order valence-electron chi connectivity index (χ1n) is 9.93. The van der Waals surface area contributed by atoms with Crippen molar-refractivity contribution in [3.63, 3.8) is 0 Å². The minimum atomic E-state index is -0.320. The van der Waals surface area contributed by atoms with Crippen LogP contribution in [0.15, 0.2) is 11.6 Å². The van der Waals surface area contributed by atoms with Gasteiger partial charge in [-0.25, -0.2) is 0 Å². The van der Waals surface area contributed by atoms with Crippen molar-refractivity contribution in [2.75, 3.05) is 12.4 Å². The number of fused-ring (bicyclic) bond motifs is 1. The maximum absolute atomic E-state index is 12.3. The molecule has 25 heavy (non-hydrogen) atoms. The predicted octanol–water partition coefficient (Wildman–Crippen LogP) is 3.79. The Morgan fingerprint density at radius 2 is 2.24 bits per heavy atom. The van der Waals surface area contributed by atoms with E-state index in [1.165, 1.54) is 24.2 Å². The summed E-state index contributed by atoms with van der Waals surface area (Å²) in [5, 5.41) is 9.92. The summed E-state index contributed by atoms with van der Waals surface area (Å²) in [4.78, 5) is 24.3. The SMILES string of the molecule is CCC(C(=O)CO)[C@@]1(C)CCC2C(C[C@@H]3SC[C@@]24CCC(=O)C=C34)C1. The van der Waals surface area contributed by atoms with E-state index in [1.54, 1.807) is 0 Å². The molecule has 3 aliphatic carbocycles. The zero-order valence-electron chi connectivity index (χ0n) is 15.4. The lowest BCUT2D eigenvalue weighted by Gasteiger charge is -2.55. The standard InChI is InChI=1S/C21H30O3S/c1-3-15(18(24)11-22)20(2)6-5-16-13(10-20)8-19-17-9-14(23)4-7-21(16,17)12-25-19/h9,13,15-16,19,22H,3-8,10-12H2,1-2H3/t13?,15?,16?,19-,20-,21-/m0/s1. The second-order valence-electron chi connectivity index (χ2n) is 9.11. The second-order valence-corrected chi connectivity index (χ2v) is 10.3. The summed E-state index contributed by atoms with van der Waals surface area (Å²) in [5.41, 5.74) is 1.77. The highest BCUT2D eigenvalue weighted by atomic mass is 32.2. The molecule has 0 amide bonds. The molecule has 6 atom stereocenters. The molecule has 4 rings (SSSR count). The number of allylic oxidation sites excluding steroid dienone is 1. The summed E-state index contributed by atoms with van der Waals surface area (Å²) in [5.74, 6) is 2.90. The van der Waals surface area contributed by atoms with Gasteiger partial charge in [0.05, 0.1) is 0 Å². The van der Waals surface area contributed by atoms with Gasteiger partial charge in [0.25, 0.3) is 0 Å². The Labute approximate surface area is 155 Å². The van der Waals surface area contributed by atoms with Crippen molar-refractivity contribution in [2.45, 2.75) is 64.0 Å². The van der Waals surface area contributed by atoms with E-state index in [-0.39, 0.29) is 29.1 Å². The Kier molecular flexibility index (Phi) is 4.43. The number of aliphatic hydroxyl groups is 1. The van der Waals surface area contributed by atoms with Gasteiger partial charge in [0.2, 0.25) is 0 Å². The number of carbonyl (C=O) groups excluding carboxylic acids is 2. The Hall–Kier alpha value is -0.610. The molecule has 1 aliphatic heterocycles. The molecule has 0 aromatic heterocycles. The van der Waals surface area contributed by atoms with Gasteiger partial charge in [-0.1, -0.05) is 13.8 Å². The van der Waals surface area contributed by atoms with E-state index in [0.717, 1.165) is 32.1 Å². The van der Waals surface area contributed by atoms with Crippen molar-refractivity contribution < 1.29 is 14.7 Å². The second kappa shape index (κ2) is 6.23. The summed E-state index contributed by atoms with van der Waals surface area (Å²) < 4.78 is 0. The Morgan fingerprint density at radius 1 is 1.44 bits per heavy atom. The average Bonchev–Trinajstić information content (AvgIpc) is 2.86. The predicted molar refractivity (Wildman–Crippen MR) is 100 cm³/mol. The van der Waals surface area contributed by atoms with Crippen molar-refractivity contribution >= 4 is 23.3 Å². The van der Waals surface area contributed by atoms with E-state index < -0.39 is 0 Å². The fourth-order valence-corrected chi connectivity index (χ4v) is 8.73. The molecule has 2 saturated carbocycles. The summed E-state index contributed by atoms with van der Waals surface area (Å²) in [6.07, 6.45) is 9.14. The van der Waals surface area contributed by atoms with Gasteiger partial charge in [0, 0.05) is 28.8 Å². The summed E-state index contributed by atoms with van der Waals surface area (Å²) in [6, 6.07) is 0. The molecular formula is C21H30O3S. The largest absolute Gasteiger partial charge is 0.389 e. The van der Waals surface area contributed by atoms with Crippen LogP contribution in [0.4, 0.5) is 0 Å². The first kappa shape index (κ1) is 17.8. The van der Waals surface area contributed by atoms with Gasteiger partial charge in [0.1, 0.15) is 6.61 Å². The number of thioether (sulfide) groups is 1. The third kappa shape index (κ3) is 2.58. The van der Waals surface area contributed by atoms with Crippen LogP contribution in [-0.2, 0) is 9.59 Å². The molecule has 3 nitrogen and oxygen atoms in total. The molecule has 1 N–H and O–H groups in total. The zero-order chi connectivity index (χ0) is 17.8. The van der Waals surface area contributed by atoms with Crippen molar-refractivity contribution in [2.24, 2.45) is 28.6 Å². The normalized spacial score (nSPS) is 43.9. The van der Waals surface area contributed by atoms with Crippen molar-refractivity contribution in [3.05, 3.63) is 11.6 Å². The Balaban J connectivity index is 1.62. The first-order valence-corrected chi connectivity index (χ1v) is 11.0. The van der Waals surface area contributed by atoms with Crippen LogP contribution < -0.4 is 0 Å². The average molecular weight is 363 g/mol. The zero-order valence-corrected chi connectivity index (χ0v) is 16.2. The molecule has 138 valence electrons. The van der Waals surface area contributed by atoms with Gasteiger partial charge in [-0.3, -0.25) is 9.59 Å². The van der Waals surface area contributed by atoms with Gasteiger partial charge in [0.15, 0.2) is 11.6 Å². The number of rotatable bonds is 4. The van der Waals surface area contributed by atoms with E-state index in [2.05, 4.69) is 25.6 Å². The summed E-state index contributed by atoms with van der Waals surface area (Å²) in [7, 11) is 0. The number of hydrogen-bond acceptors (Lipinski definition) is 4. The lowest BCUT2D eigenvalue weighted by Crippen LogP contribution is -2.50. The van der Waals surface area contributed by atoms with Crippen LogP contribution in [0.1, 0.15) is 58.8 Å². The van der Waals surface area contributed by atoms with Crippen LogP contribution >= 0.6 is 11.8 Å². The molecule has 0 aromatic carbocycles. The Morgan fingerprint density at radius 3 is 2.96 bits per heavy atom. The number of carbonyl (C=O) groups is 2. The minimum absolute atomic E-state index is 0.00821. The van der Waals surface area contributed by atoms with Crippen LogP contribution in [0.25, 0.3) is 0 Å². The molecular weight excluding hydrogens is 332 g/mol. The van der Waals surface area contributed by atoms with Crippen LogP contribution in [0, 0.1) is 28.6 Å². The summed E-state index contributed by atoms with van der Waals surface area (Å²) in [6.45, 7) is 4.05. The topological polar surface area (TPSA) is 54.4 Å². The van der Waals surface area contributed by atoms with E-state index in [4.69, 9.17) is 0 Å². The van der Waals surface area contributed by atoms with E-state index in [1.807, 2.05) is 6.08 Å². The maximum atomic E-state index is 12.3. The van der Waals surface area contributed by atoms with Crippen molar-refractivity contribution in [3.8, 4) is 0 Å². The molecule has 0 spiro atoms. The molecule has 3 fully saturated rings. The van der Waals surface area contributed by atoms with Crippen molar-refractivity contribution in [1.29, 1.82) is 0 Å². The third-order valence-electron chi connectivity index (χ3n) is 7.94. The number of hydrogen-bond donors (Lipinski definition) is 1. The quantitative estimate of drug-likeness (QED) is 0.827. The van der Waals surface area contributed by atoms with Crippen LogP contribution in [-0.4, -0.2) is 34.3 Å². The highest BCUT2D eigenvalue weighted by molar-refractivity contribution is 8.00. The Bertz CT molecular complexity index is 627. The fraction of sp³-hybridized carbons (Fsp3) is 0.810. The van der Waals surface area contributed by atoms with Crippen LogP contribution in [0.2, 0.25) is 0 Å². The van der Waals surface area contributed by atoms with Crippen LogP contribution in [0.3, 0.4) is 0 Å². The molecule has 0 aromatic rings. The summed E-state index contributed by atoms with van der Waals surface area (Å²) >= 11 is 2.07. The highest BCUT2D eigenvalue weighted by Crippen LogP contribution is 2.67. The van der Waals surface area contributed by atoms with Gasteiger partial charge in [-0.15, -0.1) is 0 Å². The molecule has 3 unspecified atom stereocenters. The third-order valence-corrected chi connectivity index (χ3v) is 9.47. The lowest BCUT2D eigenvalue weighted by atomic mass is 9.48. The monoisotopic (exact) mass is 362 g/mol. The molecule has 4 heteroatoms. The minimum Gasteiger partial charge on any atom is -0.389 e. The highest BCUT2D eigenvalue weighted by Gasteiger charge is 2.60. The lowest BCUT2D eigenvalue weighted by molar-refractivity contribution is -0.133. The first-order chi connectivity index (χ1) is 11.9. The molecule has 1 saturated heterocycles. The number of Topliss-reactive ketones (excluding diaryl/α,β-unsaturated/α-hetero) is 1. The van der Waals surface area contributed by atoms with Gasteiger partial charge in [-0.05, 0) is 67.4 Å². The van der Waals surface area contributed by atoms with Crippen LogP contribution in [0.5, 0.6) is 0 Å². The number of aliphatic hydroxyl groups excluding tert-OH is 1. The molecule has 1 heterocycles. The molecule has 2 bridgehead atoms. The van der Waals surface area contributed by atoms with Crippen molar-refractivity contribution in [1.82, 2.24) is 0 Å². The smallest absolute Gasteiger partial charge is 0.161 e.